The molecule has 0 unspecified atom stereocenters. The van der Waals surface area contributed by atoms with E-state index in [9.17, 15) is 9.59 Å². The van der Waals surface area contributed by atoms with Gasteiger partial charge in [0.15, 0.2) is 0 Å². The molecular formula is C22H23N3O3. The van der Waals surface area contributed by atoms with Crippen molar-refractivity contribution < 1.29 is 14.3 Å². The highest BCUT2D eigenvalue weighted by molar-refractivity contribution is 6.33. The van der Waals surface area contributed by atoms with Gasteiger partial charge >= 0.3 is 0 Å². The summed E-state index contributed by atoms with van der Waals surface area (Å²) in [5.74, 6) is -0.638. The fraction of sp³-hybridized carbons (Fsp3) is 0.273. The van der Waals surface area contributed by atoms with Gasteiger partial charge in [0.25, 0.3) is 11.8 Å². The highest BCUT2D eigenvalue weighted by Crippen LogP contribution is 2.30. The molecule has 0 bridgehead atoms. The monoisotopic (exact) mass is 377 g/mol. The molecule has 6 nitrogen and oxygen atoms in total. The maximum Gasteiger partial charge on any atom is 0.284 e. The van der Waals surface area contributed by atoms with Crippen molar-refractivity contribution >= 4 is 23.2 Å². The largest absolute Gasteiger partial charge is 0.378 e. The number of hydrogen-bond donors (Lipinski definition) is 1. The lowest BCUT2D eigenvalue weighted by Crippen LogP contribution is -2.40. The van der Waals surface area contributed by atoms with Crippen LogP contribution in [0.25, 0.3) is 0 Å². The normalized spacial score (nSPS) is 17.5. The number of rotatable bonds is 4. The summed E-state index contributed by atoms with van der Waals surface area (Å²) in [6.07, 6.45) is 0. The van der Waals surface area contributed by atoms with Crippen LogP contribution in [0.2, 0.25) is 0 Å². The first-order valence-corrected chi connectivity index (χ1v) is 9.41. The first-order valence-electron chi connectivity index (χ1n) is 9.41. The fourth-order valence-corrected chi connectivity index (χ4v) is 3.42. The lowest BCUT2D eigenvalue weighted by atomic mass is 10.2. The van der Waals surface area contributed by atoms with E-state index >= 15 is 0 Å². The zero-order chi connectivity index (χ0) is 19.7. The van der Waals surface area contributed by atoms with E-state index in [0.717, 1.165) is 16.8 Å². The molecule has 2 aliphatic heterocycles. The third kappa shape index (κ3) is 3.39. The summed E-state index contributed by atoms with van der Waals surface area (Å²) < 4.78 is 5.42. The lowest BCUT2D eigenvalue weighted by molar-refractivity contribution is -0.121. The molecule has 0 aliphatic carbocycles. The summed E-state index contributed by atoms with van der Waals surface area (Å²) in [6.45, 7) is 6.20. The second-order valence-corrected chi connectivity index (χ2v) is 7.10. The number of imide groups is 1. The number of nitrogens with one attached hydrogen (secondary N) is 1. The summed E-state index contributed by atoms with van der Waals surface area (Å²) in [5, 5.41) is 3.19. The van der Waals surface area contributed by atoms with Gasteiger partial charge in [0, 0.05) is 18.8 Å². The molecule has 2 aromatic carbocycles. The minimum Gasteiger partial charge on any atom is -0.378 e. The van der Waals surface area contributed by atoms with Crippen LogP contribution in [-0.2, 0) is 14.3 Å². The molecule has 1 saturated heterocycles. The van der Waals surface area contributed by atoms with Crippen molar-refractivity contribution in [2.24, 2.45) is 0 Å². The number of aryl methyl sites for hydroxylation is 2. The Morgan fingerprint density at radius 3 is 2.00 bits per heavy atom. The highest BCUT2D eigenvalue weighted by atomic mass is 16.5. The summed E-state index contributed by atoms with van der Waals surface area (Å²) in [7, 11) is 0. The Hall–Kier alpha value is -3.12. The van der Waals surface area contributed by atoms with Gasteiger partial charge in [-0.2, -0.15) is 0 Å². The van der Waals surface area contributed by atoms with E-state index in [-0.39, 0.29) is 11.8 Å². The van der Waals surface area contributed by atoms with Crippen LogP contribution in [0.3, 0.4) is 0 Å². The highest BCUT2D eigenvalue weighted by Gasteiger charge is 2.42. The van der Waals surface area contributed by atoms with Gasteiger partial charge in [-0.05, 0) is 38.1 Å². The quantitative estimate of drug-likeness (QED) is 0.831. The number of carbonyl (C=O) groups is 2. The number of morpholine rings is 1. The number of ether oxygens (including phenoxy) is 1. The molecule has 0 aromatic heterocycles. The topological polar surface area (TPSA) is 61.9 Å². The smallest absolute Gasteiger partial charge is 0.284 e. The first-order chi connectivity index (χ1) is 13.5. The summed E-state index contributed by atoms with van der Waals surface area (Å²) in [4.78, 5) is 29.7. The van der Waals surface area contributed by atoms with Gasteiger partial charge in [-0.25, -0.2) is 4.90 Å². The molecule has 2 heterocycles. The van der Waals surface area contributed by atoms with E-state index in [1.54, 1.807) is 12.1 Å². The standard InChI is InChI=1S/C22H23N3O3/c1-15-3-7-17(8-4-15)23-19-20(24-11-13-28-14-12-24)22(27)25(21(19)26)18-9-5-16(2)6-10-18/h3-10,23H,11-14H2,1-2H3. The van der Waals surface area contributed by atoms with Gasteiger partial charge in [0.2, 0.25) is 0 Å². The zero-order valence-corrected chi connectivity index (χ0v) is 16.1. The van der Waals surface area contributed by atoms with Crippen molar-refractivity contribution in [3.63, 3.8) is 0 Å². The van der Waals surface area contributed by atoms with Crippen LogP contribution < -0.4 is 10.2 Å². The van der Waals surface area contributed by atoms with Gasteiger partial charge in [0.1, 0.15) is 11.4 Å². The van der Waals surface area contributed by atoms with Crippen LogP contribution in [0.4, 0.5) is 11.4 Å². The average molecular weight is 377 g/mol. The Balaban J connectivity index is 1.72. The van der Waals surface area contributed by atoms with E-state index < -0.39 is 0 Å². The number of carbonyl (C=O) groups excluding carboxylic acids is 2. The summed E-state index contributed by atoms with van der Waals surface area (Å²) in [6, 6.07) is 15.2. The van der Waals surface area contributed by atoms with Crippen molar-refractivity contribution in [1.82, 2.24) is 4.90 Å². The number of benzene rings is 2. The molecule has 2 aromatic rings. The van der Waals surface area contributed by atoms with Crippen LogP contribution in [0, 0.1) is 13.8 Å². The van der Waals surface area contributed by atoms with Crippen LogP contribution in [0.1, 0.15) is 11.1 Å². The Labute approximate surface area is 164 Å². The maximum atomic E-state index is 13.3. The third-order valence-electron chi connectivity index (χ3n) is 5.00. The first kappa shape index (κ1) is 18.3. The minimum absolute atomic E-state index is 0.301. The molecule has 0 saturated carbocycles. The maximum absolute atomic E-state index is 13.3. The summed E-state index contributed by atoms with van der Waals surface area (Å²) >= 11 is 0. The van der Waals surface area contributed by atoms with E-state index in [2.05, 4.69) is 5.32 Å². The fourth-order valence-electron chi connectivity index (χ4n) is 3.42. The van der Waals surface area contributed by atoms with Crippen molar-refractivity contribution in [3.05, 3.63) is 71.1 Å². The minimum atomic E-state index is -0.337. The number of nitrogens with zero attached hydrogens (tertiary/aromatic N) is 2. The molecule has 1 fully saturated rings. The second kappa shape index (κ2) is 7.48. The van der Waals surface area contributed by atoms with Crippen LogP contribution in [-0.4, -0.2) is 43.0 Å². The van der Waals surface area contributed by atoms with Gasteiger partial charge in [0.05, 0.1) is 18.9 Å². The van der Waals surface area contributed by atoms with Gasteiger partial charge in [-0.15, -0.1) is 0 Å². The van der Waals surface area contributed by atoms with Crippen molar-refractivity contribution in [1.29, 1.82) is 0 Å². The molecular weight excluding hydrogens is 354 g/mol. The molecule has 2 amide bonds. The molecule has 0 radical (unpaired) electrons. The van der Waals surface area contributed by atoms with E-state index in [0.29, 0.717) is 43.4 Å². The zero-order valence-electron chi connectivity index (χ0n) is 16.1. The van der Waals surface area contributed by atoms with Gasteiger partial charge < -0.3 is 15.0 Å². The Morgan fingerprint density at radius 1 is 0.821 bits per heavy atom. The Kier molecular flexibility index (Phi) is 4.88. The Bertz CT molecular complexity index is 927. The third-order valence-corrected chi connectivity index (χ3v) is 5.00. The molecule has 0 spiro atoms. The molecule has 144 valence electrons. The van der Waals surface area contributed by atoms with Crippen LogP contribution in [0.5, 0.6) is 0 Å². The average Bonchev–Trinajstić information content (AvgIpc) is 2.95. The SMILES string of the molecule is Cc1ccc(NC2=C(N3CCOCC3)C(=O)N(c3ccc(C)cc3)C2=O)cc1. The van der Waals surface area contributed by atoms with Gasteiger partial charge in [-0.3, -0.25) is 9.59 Å². The van der Waals surface area contributed by atoms with Crippen LogP contribution in [0.15, 0.2) is 59.9 Å². The molecule has 0 atom stereocenters. The Morgan fingerprint density at radius 2 is 1.39 bits per heavy atom. The van der Waals surface area contributed by atoms with Crippen LogP contribution >= 0.6 is 0 Å². The number of anilines is 2. The van der Waals surface area contributed by atoms with Crippen molar-refractivity contribution in [2.45, 2.75) is 13.8 Å². The summed E-state index contributed by atoms with van der Waals surface area (Å²) in [5.41, 5.74) is 4.28. The number of amides is 2. The molecule has 2 aliphatic rings. The second-order valence-electron chi connectivity index (χ2n) is 7.10. The predicted molar refractivity (Wildman–Crippen MR) is 108 cm³/mol. The molecule has 1 N–H and O–H groups in total. The van der Waals surface area contributed by atoms with E-state index in [1.807, 2.05) is 55.1 Å². The van der Waals surface area contributed by atoms with E-state index in [1.165, 1.54) is 4.90 Å². The molecule has 6 heteroatoms. The molecule has 28 heavy (non-hydrogen) atoms. The predicted octanol–water partition coefficient (Wildman–Crippen LogP) is 2.83. The lowest BCUT2D eigenvalue weighted by Gasteiger charge is -2.29. The number of hydrogen-bond acceptors (Lipinski definition) is 5. The van der Waals surface area contributed by atoms with Gasteiger partial charge in [-0.1, -0.05) is 35.4 Å². The van der Waals surface area contributed by atoms with Crippen molar-refractivity contribution in [2.75, 3.05) is 36.5 Å². The van der Waals surface area contributed by atoms with Crippen molar-refractivity contribution in [3.8, 4) is 0 Å². The van der Waals surface area contributed by atoms with E-state index in [4.69, 9.17) is 4.74 Å². The molecule has 4 rings (SSSR count).